The molecule has 0 saturated heterocycles. The first-order valence-electron chi connectivity index (χ1n) is 7.75. The van der Waals surface area contributed by atoms with Gasteiger partial charge in [0.1, 0.15) is 11.4 Å². The molecule has 0 bridgehead atoms. The summed E-state index contributed by atoms with van der Waals surface area (Å²) in [7, 11) is 0. The molecule has 2 aromatic rings. The second kappa shape index (κ2) is 6.36. The van der Waals surface area contributed by atoms with E-state index in [2.05, 4.69) is 35.1 Å². The molecule has 4 heteroatoms. The van der Waals surface area contributed by atoms with Crippen molar-refractivity contribution in [1.82, 2.24) is 5.32 Å². The summed E-state index contributed by atoms with van der Waals surface area (Å²) < 4.78 is 6.99. The first-order chi connectivity index (χ1) is 10.9. The van der Waals surface area contributed by atoms with Crippen LogP contribution in [-0.2, 0) is 11.2 Å². The Balaban J connectivity index is 1.75. The maximum Gasteiger partial charge on any atom is 0.224 e. The van der Waals surface area contributed by atoms with Crippen molar-refractivity contribution in [1.29, 1.82) is 0 Å². The molecule has 0 saturated carbocycles. The zero-order valence-electron chi connectivity index (χ0n) is 13.3. The minimum Gasteiger partial charge on any atom is -0.487 e. The quantitative estimate of drug-likeness (QED) is 0.864. The Bertz CT molecular complexity index is 727. The van der Waals surface area contributed by atoms with Gasteiger partial charge in [0.25, 0.3) is 0 Å². The fourth-order valence-corrected chi connectivity index (χ4v) is 3.46. The Morgan fingerprint density at radius 1 is 1.26 bits per heavy atom. The highest BCUT2D eigenvalue weighted by atomic mass is 79.9. The van der Waals surface area contributed by atoms with Gasteiger partial charge in [0, 0.05) is 16.5 Å². The fourth-order valence-electron chi connectivity index (χ4n) is 3.01. The number of nitrogens with one attached hydrogen (secondary N) is 1. The topological polar surface area (TPSA) is 38.3 Å². The van der Waals surface area contributed by atoms with E-state index in [0.717, 1.165) is 27.8 Å². The van der Waals surface area contributed by atoms with Crippen LogP contribution in [0.2, 0.25) is 0 Å². The maximum atomic E-state index is 12.4. The molecule has 1 amide bonds. The van der Waals surface area contributed by atoms with Gasteiger partial charge in [-0.25, -0.2) is 0 Å². The van der Waals surface area contributed by atoms with Gasteiger partial charge in [-0.15, -0.1) is 0 Å². The van der Waals surface area contributed by atoms with Crippen molar-refractivity contribution >= 4 is 21.8 Å². The number of rotatable bonds is 3. The highest BCUT2D eigenvalue weighted by Gasteiger charge is 2.34. The normalized spacial score (nSPS) is 18.7. The summed E-state index contributed by atoms with van der Waals surface area (Å²) in [5.41, 5.74) is 1.76. The molecular weight excluding hydrogens is 354 g/mol. The van der Waals surface area contributed by atoms with Crippen molar-refractivity contribution in [3.63, 3.8) is 0 Å². The lowest BCUT2D eigenvalue weighted by Gasteiger charge is -2.37. The summed E-state index contributed by atoms with van der Waals surface area (Å²) in [4.78, 5) is 12.4. The van der Waals surface area contributed by atoms with Crippen molar-refractivity contribution in [3.05, 3.63) is 64.1 Å². The van der Waals surface area contributed by atoms with Crippen LogP contribution >= 0.6 is 15.9 Å². The second-order valence-corrected chi connectivity index (χ2v) is 7.45. The van der Waals surface area contributed by atoms with E-state index in [9.17, 15) is 4.79 Å². The zero-order chi connectivity index (χ0) is 16.4. The number of para-hydroxylation sites is 1. The number of hydrogen-bond donors (Lipinski definition) is 1. The Kier molecular flexibility index (Phi) is 4.44. The number of amides is 1. The van der Waals surface area contributed by atoms with Crippen LogP contribution in [0.4, 0.5) is 0 Å². The third-order valence-electron chi connectivity index (χ3n) is 3.97. The van der Waals surface area contributed by atoms with Gasteiger partial charge in [-0.3, -0.25) is 4.79 Å². The van der Waals surface area contributed by atoms with E-state index in [1.54, 1.807) is 0 Å². The van der Waals surface area contributed by atoms with E-state index >= 15 is 0 Å². The third-order valence-corrected chi connectivity index (χ3v) is 4.46. The minimum absolute atomic E-state index is 0.0189. The summed E-state index contributed by atoms with van der Waals surface area (Å²) >= 11 is 3.44. The van der Waals surface area contributed by atoms with Crippen LogP contribution in [0.15, 0.2) is 53.0 Å². The predicted molar refractivity (Wildman–Crippen MR) is 94.5 cm³/mol. The monoisotopic (exact) mass is 373 g/mol. The predicted octanol–water partition coefficient (Wildman–Crippen LogP) is 4.41. The average molecular weight is 374 g/mol. The summed E-state index contributed by atoms with van der Waals surface area (Å²) in [5.74, 6) is 0.886. The van der Waals surface area contributed by atoms with Gasteiger partial charge in [-0.1, -0.05) is 46.3 Å². The van der Waals surface area contributed by atoms with Crippen molar-refractivity contribution in [2.75, 3.05) is 0 Å². The molecule has 0 spiro atoms. The van der Waals surface area contributed by atoms with Crippen LogP contribution in [0.1, 0.15) is 37.4 Å². The van der Waals surface area contributed by atoms with Crippen molar-refractivity contribution in [2.45, 2.75) is 38.3 Å². The number of benzene rings is 2. The van der Waals surface area contributed by atoms with Gasteiger partial charge < -0.3 is 10.1 Å². The van der Waals surface area contributed by atoms with Gasteiger partial charge in [0.15, 0.2) is 0 Å². The van der Waals surface area contributed by atoms with Gasteiger partial charge >= 0.3 is 0 Å². The molecule has 2 aromatic carbocycles. The second-order valence-electron chi connectivity index (χ2n) is 6.53. The molecule has 1 atom stereocenters. The highest BCUT2D eigenvalue weighted by molar-refractivity contribution is 9.10. The first kappa shape index (κ1) is 16.1. The molecule has 1 N–H and O–H groups in total. The smallest absolute Gasteiger partial charge is 0.224 e. The lowest BCUT2D eigenvalue weighted by atomic mass is 9.89. The first-order valence-corrected chi connectivity index (χ1v) is 8.54. The lowest BCUT2D eigenvalue weighted by molar-refractivity contribution is -0.121. The molecule has 1 heterocycles. The molecule has 0 aromatic heterocycles. The molecule has 0 fully saturated rings. The number of carbonyl (C=O) groups excluding carboxylic acids is 1. The molecule has 0 radical (unpaired) electrons. The maximum absolute atomic E-state index is 12.4. The number of halogens is 1. The van der Waals surface area contributed by atoms with Crippen molar-refractivity contribution in [3.8, 4) is 5.75 Å². The number of carbonyl (C=O) groups is 1. The fraction of sp³-hybridized carbons (Fsp3) is 0.316. The average Bonchev–Trinajstić information content (AvgIpc) is 2.46. The highest BCUT2D eigenvalue weighted by Crippen LogP contribution is 2.39. The zero-order valence-corrected chi connectivity index (χ0v) is 14.9. The summed E-state index contributed by atoms with van der Waals surface area (Å²) in [6, 6.07) is 15.7. The van der Waals surface area contributed by atoms with Crippen LogP contribution < -0.4 is 10.1 Å². The summed E-state index contributed by atoms with van der Waals surface area (Å²) in [5, 5.41) is 3.16. The number of hydrogen-bond acceptors (Lipinski definition) is 2. The molecule has 1 unspecified atom stereocenters. The Morgan fingerprint density at radius 3 is 2.83 bits per heavy atom. The van der Waals surface area contributed by atoms with Gasteiger partial charge in [-0.2, -0.15) is 0 Å². The number of fused-ring (bicyclic) bond motifs is 1. The molecule has 23 heavy (non-hydrogen) atoms. The molecular formula is C19H20BrNO2. The molecule has 1 aliphatic rings. The van der Waals surface area contributed by atoms with Crippen LogP contribution in [0.25, 0.3) is 0 Å². The molecule has 1 aliphatic heterocycles. The SMILES string of the molecule is CC1(C)CC(NC(=O)Cc2cccc(Br)c2)c2ccccc2O1. The summed E-state index contributed by atoms with van der Waals surface area (Å²) in [6.45, 7) is 4.10. The van der Waals surface area contributed by atoms with Crippen LogP contribution in [0.5, 0.6) is 5.75 Å². The Morgan fingerprint density at radius 2 is 2.04 bits per heavy atom. The van der Waals surface area contributed by atoms with E-state index in [4.69, 9.17) is 4.74 Å². The molecule has 3 rings (SSSR count). The van der Waals surface area contributed by atoms with E-state index in [1.807, 2.05) is 48.5 Å². The minimum atomic E-state index is -0.290. The lowest BCUT2D eigenvalue weighted by Crippen LogP contribution is -2.41. The van der Waals surface area contributed by atoms with Gasteiger partial charge in [0.05, 0.1) is 12.5 Å². The van der Waals surface area contributed by atoms with E-state index in [0.29, 0.717) is 6.42 Å². The van der Waals surface area contributed by atoms with Gasteiger partial charge in [0.2, 0.25) is 5.91 Å². The van der Waals surface area contributed by atoms with E-state index in [1.165, 1.54) is 0 Å². The Labute approximate surface area is 145 Å². The number of ether oxygens (including phenoxy) is 1. The van der Waals surface area contributed by atoms with Crippen LogP contribution in [0.3, 0.4) is 0 Å². The largest absolute Gasteiger partial charge is 0.487 e. The van der Waals surface area contributed by atoms with Crippen LogP contribution in [0, 0.1) is 0 Å². The summed E-state index contributed by atoms with van der Waals surface area (Å²) in [6.07, 6.45) is 1.13. The van der Waals surface area contributed by atoms with Crippen molar-refractivity contribution < 1.29 is 9.53 Å². The van der Waals surface area contributed by atoms with Crippen molar-refractivity contribution in [2.24, 2.45) is 0 Å². The van der Waals surface area contributed by atoms with Gasteiger partial charge in [-0.05, 0) is 37.6 Å². The van der Waals surface area contributed by atoms with E-state index < -0.39 is 0 Å². The standard InChI is InChI=1S/C19H20BrNO2/c1-19(2)12-16(15-8-3-4-9-17(15)23-19)21-18(22)11-13-6-5-7-14(20)10-13/h3-10,16H,11-12H2,1-2H3,(H,21,22). The molecule has 0 aliphatic carbocycles. The van der Waals surface area contributed by atoms with Crippen LogP contribution in [-0.4, -0.2) is 11.5 Å². The van der Waals surface area contributed by atoms with E-state index in [-0.39, 0.29) is 17.6 Å². The molecule has 3 nitrogen and oxygen atoms in total. The molecule has 120 valence electrons. The Hall–Kier alpha value is -1.81. The third kappa shape index (κ3) is 3.94.